The normalized spacial score (nSPS) is 49.5. The monoisotopic (exact) mass is 223 g/mol. The van der Waals surface area contributed by atoms with E-state index in [0.717, 1.165) is 5.92 Å². The van der Waals surface area contributed by atoms with Crippen LogP contribution in [-0.2, 0) is 9.31 Å². The molecular weight excluding hydrogens is 201 g/mol. The van der Waals surface area contributed by atoms with Crippen LogP contribution in [0.4, 0.5) is 0 Å². The van der Waals surface area contributed by atoms with Gasteiger partial charge in [0.2, 0.25) is 0 Å². The van der Waals surface area contributed by atoms with Gasteiger partial charge < -0.3 is 15.0 Å². The fraction of sp³-hybridized carbons (Fsp3) is 1.00. The minimum atomic E-state index is -0.174. The van der Waals surface area contributed by atoms with Crippen LogP contribution in [0.3, 0.4) is 0 Å². The van der Waals surface area contributed by atoms with Crippen molar-refractivity contribution in [2.24, 2.45) is 23.0 Å². The van der Waals surface area contributed by atoms with Crippen LogP contribution >= 0.6 is 0 Å². The Bertz CT molecular complexity index is 309. The quantitative estimate of drug-likeness (QED) is 0.686. The average molecular weight is 223 g/mol. The number of fused-ring (bicyclic) bond motifs is 3. The predicted octanol–water partition coefficient (Wildman–Crippen LogP) is 1.60. The summed E-state index contributed by atoms with van der Waals surface area (Å²) in [5.74, 6) is 1.44. The van der Waals surface area contributed by atoms with E-state index in [-0.39, 0.29) is 18.8 Å². The van der Waals surface area contributed by atoms with Gasteiger partial charge in [-0.2, -0.15) is 0 Å². The van der Waals surface area contributed by atoms with Gasteiger partial charge in [0.25, 0.3) is 0 Å². The SMILES string of the molecule is CC1(C)CCC2CC3OB(CN)O[C@@]3(C)[C@@H]21. The molecule has 0 aromatic carbocycles. The van der Waals surface area contributed by atoms with Gasteiger partial charge in [0.15, 0.2) is 0 Å². The van der Waals surface area contributed by atoms with Crippen molar-refractivity contribution in [3.8, 4) is 0 Å². The van der Waals surface area contributed by atoms with Gasteiger partial charge in [0.05, 0.1) is 11.7 Å². The van der Waals surface area contributed by atoms with Crippen LogP contribution in [0.2, 0.25) is 0 Å². The molecule has 1 saturated heterocycles. The lowest BCUT2D eigenvalue weighted by Crippen LogP contribution is -2.44. The van der Waals surface area contributed by atoms with Crippen molar-refractivity contribution < 1.29 is 9.31 Å². The Labute approximate surface area is 98.2 Å². The molecule has 0 amide bonds. The molecule has 0 radical (unpaired) electrons. The lowest BCUT2D eigenvalue weighted by molar-refractivity contribution is -0.00884. The molecule has 1 heterocycles. The number of hydrogen-bond donors (Lipinski definition) is 1. The van der Waals surface area contributed by atoms with Crippen LogP contribution in [-0.4, -0.2) is 25.3 Å². The van der Waals surface area contributed by atoms with Crippen molar-refractivity contribution in [2.45, 2.75) is 51.7 Å². The Hall–Kier alpha value is -0.0551. The molecule has 0 bridgehead atoms. The molecule has 4 heteroatoms. The molecule has 3 aliphatic rings. The Balaban J connectivity index is 1.91. The van der Waals surface area contributed by atoms with Crippen LogP contribution in [0.5, 0.6) is 0 Å². The fourth-order valence-electron chi connectivity index (χ4n) is 4.66. The van der Waals surface area contributed by atoms with Crippen LogP contribution in [0.1, 0.15) is 40.0 Å². The van der Waals surface area contributed by atoms with E-state index in [1.165, 1.54) is 19.3 Å². The molecule has 0 aromatic heterocycles. The van der Waals surface area contributed by atoms with Gasteiger partial charge in [-0.05, 0) is 43.4 Å². The molecular formula is C12H22BNO2. The largest absolute Gasteiger partial charge is 0.472 e. The maximum atomic E-state index is 6.12. The first-order valence-corrected chi connectivity index (χ1v) is 6.51. The van der Waals surface area contributed by atoms with E-state index in [4.69, 9.17) is 15.0 Å². The third kappa shape index (κ3) is 1.27. The Kier molecular flexibility index (Phi) is 2.24. The smallest absolute Gasteiger partial charge is 0.405 e. The standard InChI is InChI=1S/C12H22BNO2/c1-11(2)5-4-8-6-9-12(3,10(8)11)16-13(7-14)15-9/h8-10H,4-7,14H2,1-3H3/t8?,9?,10-,12+/m0/s1. The van der Waals surface area contributed by atoms with Crippen molar-refractivity contribution >= 4 is 7.12 Å². The summed E-state index contributed by atoms with van der Waals surface area (Å²) in [5.41, 5.74) is 5.95. The summed E-state index contributed by atoms with van der Waals surface area (Å²) >= 11 is 0. The zero-order valence-corrected chi connectivity index (χ0v) is 10.5. The van der Waals surface area contributed by atoms with Crippen molar-refractivity contribution in [1.29, 1.82) is 0 Å². The number of nitrogens with two attached hydrogens (primary N) is 1. The van der Waals surface area contributed by atoms with E-state index in [9.17, 15) is 0 Å². The van der Waals surface area contributed by atoms with E-state index in [1.54, 1.807) is 0 Å². The molecule has 3 fully saturated rings. The summed E-state index contributed by atoms with van der Waals surface area (Å²) in [6, 6.07) is 0. The molecule has 4 atom stereocenters. The second kappa shape index (κ2) is 3.24. The molecule has 2 unspecified atom stereocenters. The van der Waals surface area contributed by atoms with Gasteiger partial charge in [-0.15, -0.1) is 0 Å². The van der Waals surface area contributed by atoms with Gasteiger partial charge in [0, 0.05) is 6.44 Å². The first-order chi connectivity index (χ1) is 7.47. The van der Waals surface area contributed by atoms with E-state index >= 15 is 0 Å². The fourth-order valence-corrected chi connectivity index (χ4v) is 4.66. The first-order valence-electron chi connectivity index (χ1n) is 6.51. The summed E-state index contributed by atoms with van der Waals surface area (Å²) in [6.07, 6.45) is 4.58. The molecule has 3 nitrogen and oxygen atoms in total. The summed E-state index contributed by atoms with van der Waals surface area (Å²) in [7, 11) is -0.174. The predicted molar refractivity (Wildman–Crippen MR) is 63.8 cm³/mol. The second-order valence-corrected chi connectivity index (χ2v) is 6.59. The van der Waals surface area contributed by atoms with Gasteiger partial charge >= 0.3 is 7.12 Å². The van der Waals surface area contributed by atoms with E-state index in [2.05, 4.69) is 20.8 Å². The maximum absolute atomic E-state index is 6.12. The third-order valence-corrected chi connectivity index (χ3v) is 5.14. The molecule has 16 heavy (non-hydrogen) atoms. The maximum Gasteiger partial charge on any atom is 0.472 e. The zero-order chi connectivity index (χ0) is 11.6. The van der Waals surface area contributed by atoms with Gasteiger partial charge in [-0.25, -0.2) is 0 Å². The summed E-state index contributed by atoms with van der Waals surface area (Å²) in [4.78, 5) is 0. The van der Waals surface area contributed by atoms with Crippen molar-refractivity contribution in [2.75, 3.05) is 6.44 Å². The van der Waals surface area contributed by atoms with E-state index in [1.807, 2.05) is 0 Å². The highest BCUT2D eigenvalue weighted by Gasteiger charge is 2.65. The van der Waals surface area contributed by atoms with E-state index in [0.29, 0.717) is 17.8 Å². The first kappa shape index (κ1) is 11.1. The van der Waals surface area contributed by atoms with Crippen molar-refractivity contribution in [1.82, 2.24) is 0 Å². The molecule has 90 valence electrons. The van der Waals surface area contributed by atoms with Crippen LogP contribution in [0.25, 0.3) is 0 Å². The van der Waals surface area contributed by atoms with Crippen LogP contribution in [0, 0.1) is 17.3 Å². The lowest BCUT2D eigenvalue weighted by Gasteiger charge is -2.39. The molecule has 0 spiro atoms. The zero-order valence-electron chi connectivity index (χ0n) is 10.5. The molecule has 2 saturated carbocycles. The van der Waals surface area contributed by atoms with Crippen molar-refractivity contribution in [3.63, 3.8) is 0 Å². The lowest BCUT2D eigenvalue weighted by atomic mass is 9.72. The molecule has 3 rings (SSSR count). The third-order valence-electron chi connectivity index (χ3n) is 5.14. The molecule has 1 aliphatic heterocycles. The molecule has 2 N–H and O–H groups in total. The van der Waals surface area contributed by atoms with Crippen LogP contribution < -0.4 is 5.73 Å². The minimum absolute atomic E-state index is 0.0886. The highest BCUT2D eigenvalue weighted by molar-refractivity contribution is 6.45. The highest BCUT2D eigenvalue weighted by Crippen LogP contribution is 2.61. The van der Waals surface area contributed by atoms with Crippen LogP contribution in [0.15, 0.2) is 0 Å². The molecule has 2 aliphatic carbocycles. The Morgan fingerprint density at radius 1 is 1.38 bits per heavy atom. The minimum Gasteiger partial charge on any atom is -0.405 e. The van der Waals surface area contributed by atoms with Gasteiger partial charge in [0.1, 0.15) is 0 Å². The highest BCUT2D eigenvalue weighted by atomic mass is 16.7. The Morgan fingerprint density at radius 2 is 2.12 bits per heavy atom. The summed E-state index contributed by atoms with van der Waals surface area (Å²) in [6.45, 7) is 7.00. The summed E-state index contributed by atoms with van der Waals surface area (Å²) in [5, 5.41) is 0. The Morgan fingerprint density at radius 3 is 2.81 bits per heavy atom. The van der Waals surface area contributed by atoms with E-state index < -0.39 is 0 Å². The topological polar surface area (TPSA) is 44.5 Å². The second-order valence-electron chi connectivity index (χ2n) is 6.59. The average Bonchev–Trinajstić information content (AvgIpc) is 2.74. The van der Waals surface area contributed by atoms with Gasteiger partial charge in [-0.3, -0.25) is 0 Å². The number of rotatable bonds is 1. The van der Waals surface area contributed by atoms with Gasteiger partial charge in [-0.1, -0.05) is 13.8 Å². The van der Waals surface area contributed by atoms with Crippen molar-refractivity contribution in [3.05, 3.63) is 0 Å². The number of hydrogen-bond acceptors (Lipinski definition) is 3. The summed E-state index contributed by atoms with van der Waals surface area (Å²) < 4.78 is 12.0. The molecule has 0 aromatic rings.